The fourth-order valence-electron chi connectivity index (χ4n) is 2.36. The molecule has 1 N–H and O–H groups in total. The summed E-state index contributed by atoms with van der Waals surface area (Å²) in [6, 6.07) is 6.86. The molecule has 0 aliphatic carbocycles. The van der Waals surface area contributed by atoms with Gasteiger partial charge in [-0.25, -0.2) is 9.37 Å². The fraction of sp³-hybridized carbons (Fsp3) is 0.400. The lowest BCUT2D eigenvalue weighted by atomic mass is 10.1. The van der Waals surface area contributed by atoms with Crippen molar-refractivity contribution < 1.29 is 8.60 Å². The molecule has 0 unspecified atom stereocenters. The van der Waals surface area contributed by atoms with Gasteiger partial charge in [0, 0.05) is 45.8 Å². The van der Waals surface area contributed by atoms with Gasteiger partial charge in [0.1, 0.15) is 10.8 Å². The molecule has 0 amide bonds. The normalized spacial score (nSPS) is 22.3. The van der Waals surface area contributed by atoms with Gasteiger partial charge in [0.05, 0.1) is 5.69 Å². The molecule has 0 spiro atoms. The monoisotopic (exact) mass is 324 g/mol. The van der Waals surface area contributed by atoms with Crippen LogP contribution >= 0.6 is 11.3 Å². The van der Waals surface area contributed by atoms with E-state index in [9.17, 15) is 8.60 Å². The Labute approximate surface area is 130 Å². The highest BCUT2D eigenvalue weighted by molar-refractivity contribution is 7.85. The molecule has 3 nitrogen and oxygen atoms in total. The summed E-state index contributed by atoms with van der Waals surface area (Å²) < 4.78 is 24.2. The Morgan fingerprint density at radius 3 is 2.71 bits per heavy atom. The van der Waals surface area contributed by atoms with Gasteiger partial charge in [0.2, 0.25) is 0 Å². The van der Waals surface area contributed by atoms with Crippen molar-refractivity contribution in [2.75, 3.05) is 11.5 Å². The number of aromatic nitrogens is 1. The second-order valence-electron chi connectivity index (χ2n) is 5.15. The zero-order valence-corrected chi connectivity index (χ0v) is 13.2. The molecule has 1 saturated heterocycles. The van der Waals surface area contributed by atoms with E-state index in [1.54, 1.807) is 23.5 Å². The number of thiazole rings is 1. The highest BCUT2D eigenvalue weighted by Crippen LogP contribution is 2.24. The molecule has 1 aliphatic rings. The average molecular weight is 324 g/mol. The van der Waals surface area contributed by atoms with E-state index in [0.717, 1.165) is 47.2 Å². The van der Waals surface area contributed by atoms with E-state index in [2.05, 4.69) is 10.3 Å². The number of rotatable bonds is 4. The number of nitrogens with one attached hydrogen (secondary N) is 1. The molecule has 0 atom stereocenters. The Bertz CT molecular complexity index is 617. The third kappa shape index (κ3) is 3.96. The van der Waals surface area contributed by atoms with Crippen LogP contribution in [0.1, 0.15) is 18.5 Å². The molecule has 2 aromatic rings. The van der Waals surface area contributed by atoms with Crippen molar-refractivity contribution in [3.05, 3.63) is 41.2 Å². The van der Waals surface area contributed by atoms with E-state index in [1.807, 2.05) is 5.38 Å². The zero-order chi connectivity index (χ0) is 14.7. The highest BCUT2D eigenvalue weighted by Gasteiger charge is 2.17. The van der Waals surface area contributed by atoms with Crippen LogP contribution in [-0.2, 0) is 17.3 Å². The van der Waals surface area contributed by atoms with Crippen molar-refractivity contribution in [2.24, 2.45) is 0 Å². The minimum absolute atomic E-state index is 0.230. The smallest absolute Gasteiger partial charge is 0.123 e. The van der Waals surface area contributed by atoms with E-state index in [-0.39, 0.29) is 5.82 Å². The van der Waals surface area contributed by atoms with Gasteiger partial charge in [-0.1, -0.05) is 0 Å². The second kappa shape index (κ2) is 6.77. The molecule has 1 aromatic carbocycles. The summed E-state index contributed by atoms with van der Waals surface area (Å²) in [5, 5.41) is 6.43. The van der Waals surface area contributed by atoms with Gasteiger partial charge in [0.15, 0.2) is 0 Å². The lowest BCUT2D eigenvalue weighted by Crippen LogP contribution is -2.35. The summed E-state index contributed by atoms with van der Waals surface area (Å²) in [6.07, 6.45) is 1.95. The first-order valence-electron chi connectivity index (χ1n) is 6.99. The van der Waals surface area contributed by atoms with Gasteiger partial charge in [-0.15, -0.1) is 11.3 Å². The van der Waals surface area contributed by atoms with Crippen LogP contribution in [0, 0.1) is 5.82 Å². The standard InChI is InChI=1S/C15H17FN2OS2/c16-12-3-1-11(2-4-12)15-18-14(10-20-15)9-17-13-5-7-21(19)8-6-13/h1-4,10,13,17H,5-9H2. The first-order valence-corrected chi connectivity index (χ1v) is 9.36. The van der Waals surface area contributed by atoms with Gasteiger partial charge in [-0.3, -0.25) is 4.21 Å². The predicted octanol–water partition coefficient (Wildman–Crippen LogP) is 2.95. The second-order valence-corrected chi connectivity index (χ2v) is 7.71. The van der Waals surface area contributed by atoms with Crippen LogP contribution in [-0.4, -0.2) is 26.7 Å². The molecular weight excluding hydrogens is 307 g/mol. The third-order valence-corrected chi connectivity index (χ3v) is 5.93. The van der Waals surface area contributed by atoms with Crippen molar-refractivity contribution in [2.45, 2.75) is 25.4 Å². The zero-order valence-electron chi connectivity index (χ0n) is 11.5. The maximum Gasteiger partial charge on any atom is 0.123 e. The maximum absolute atomic E-state index is 12.9. The maximum atomic E-state index is 12.9. The number of halogens is 1. The molecule has 0 bridgehead atoms. The first kappa shape index (κ1) is 14.8. The van der Waals surface area contributed by atoms with Crippen LogP contribution in [0.2, 0.25) is 0 Å². The van der Waals surface area contributed by atoms with Crippen molar-refractivity contribution >= 4 is 22.1 Å². The Morgan fingerprint density at radius 2 is 2.00 bits per heavy atom. The summed E-state index contributed by atoms with van der Waals surface area (Å²) in [5.74, 6) is 1.37. The SMILES string of the molecule is O=S1CCC(NCc2csc(-c3ccc(F)cc3)n2)CC1. The van der Waals surface area contributed by atoms with Crippen molar-refractivity contribution in [1.29, 1.82) is 0 Å². The Balaban J connectivity index is 1.58. The molecule has 3 rings (SSSR count). The lowest BCUT2D eigenvalue weighted by Gasteiger charge is -2.22. The molecule has 0 saturated carbocycles. The molecule has 6 heteroatoms. The Morgan fingerprint density at radius 1 is 1.29 bits per heavy atom. The average Bonchev–Trinajstić information content (AvgIpc) is 2.96. The molecule has 1 aromatic heterocycles. The van der Waals surface area contributed by atoms with E-state index in [0.29, 0.717) is 6.04 Å². The van der Waals surface area contributed by atoms with E-state index < -0.39 is 10.8 Å². The van der Waals surface area contributed by atoms with Gasteiger partial charge >= 0.3 is 0 Å². The Kier molecular flexibility index (Phi) is 4.77. The van der Waals surface area contributed by atoms with Gasteiger partial charge in [-0.2, -0.15) is 0 Å². The number of hydrogen-bond donors (Lipinski definition) is 1. The molecule has 1 fully saturated rings. The largest absolute Gasteiger partial charge is 0.308 e. The minimum atomic E-state index is -0.616. The lowest BCUT2D eigenvalue weighted by molar-refractivity contribution is 0.473. The number of benzene rings is 1. The quantitative estimate of drug-likeness (QED) is 0.940. The molecular formula is C15H17FN2OS2. The van der Waals surface area contributed by atoms with Crippen LogP contribution in [0.25, 0.3) is 10.6 Å². The minimum Gasteiger partial charge on any atom is -0.308 e. The number of hydrogen-bond acceptors (Lipinski definition) is 4. The van der Waals surface area contributed by atoms with Crippen LogP contribution in [0.4, 0.5) is 4.39 Å². The van der Waals surface area contributed by atoms with Crippen LogP contribution in [0.15, 0.2) is 29.6 Å². The van der Waals surface area contributed by atoms with Gasteiger partial charge in [-0.05, 0) is 37.1 Å². The van der Waals surface area contributed by atoms with E-state index >= 15 is 0 Å². The van der Waals surface area contributed by atoms with Crippen LogP contribution in [0.3, 0.4) is 0 Å². The molecule has 1 aliphatic heterocycles. The molecule has 0 radical (unpaired) electrons. The molecule has 21 heavy (non-hydrogen) atoms. The summed E-state index contributed by atoms with van der Waals surface area (Å²) in [7, 11) is -0.616. The van der Waals surface area contributed by atoms with Crippen molar-refractivity contribution in [3.8, 4) is 10.6 Å². The predicted molar refractivity (Wildman–Crippen MR) is 85.2 cm³/mol. The van der Waals surface area contributed by atoms with Gasteiger partial charge < -0.3 is 5.32 Å². The first-order chi connectivity index (χ1) is 10.2. The fourth-order valence-corrected chi connectivity index (χ4v) is 4.48. The van der Waals surface area contributed by atoms with Crippen molar-refractivity contribution in [1.82, 2.24) is 10.3 Å². The summed E-state index contributed by atoms with van der Waals surface area (Å²) in [5.41, 5.74) is 1.95. The van der Waals surface area contributed by atoms with Crippen molar-refractivity contribution in [3.63, 3.8) is 0 Å². The van der Waals surface area contributed by atoms with E-state index in [1.165, 1.54) is 12.1 Å². The Hall–Kier alpha value is -1.11. The van der Waals surface area contributed by atoms with Crippen LogP contribution in [0.5, 0.6) is 0 Å². The summed E-state index contributed by atoms with van der Waals surface area (Å²) >= 11 is 1.57. The number of nitrogens with zero attached hydrogens (tertiary/aromatic N) is 1. The third-order valence-electron chi connectivity index (χ3n) is 3.60. The molecule has 112 valence electrons. The summed E-state index contributed by atoms with van der Waals surface area (Å²) in [6.45, 7) is 0.731. The van der Waals surface area contributed by atoms with E-state index in [4.69, 9.17) is 0 Å². The topological polar surface area (TPSA) is 42.0 Å². The van der Waals surface area contributed by atoms with Gasteiger partial charge in [0.25, 0.3) is 0 Å². The van der Waals surface area contributed by atoms with Crippen LogP contribution < -0.4 is 5.32 Å². The molecule has 2 heterocycles. The summed E-state index contributed by atoms with van der Waals surface area (Å²) in [4.78, 5) is 4.58. The highest BCUT2D eigenvalue weighted by atomic mass is 32.2.